The fourth-order valence-corrected chi connectivity index (χ4v) is 3.76. The van der Waals surface area contributed by atoms with Gasteiger partial charge in [-0.3, -0.25) is 9.59 Å². The fourth-order valence-electron chi connectivity index (χ4n) is 3.76. The number of ether oxygens (including phenoxy) is 1. The number of hydrogen-bond donors (Lipinski definition) is 1. The zero-order valence-electron chi connectivity index (χ0n) is 12.2. The zero-order chi connectivity index (χ0) is 15.5. The van der Waals surface area contributed by atoms with Crippen molar-refractivity contribution in [2.45, 2.75) is 52.6 Å². The molecule has 0 aromatic heterocycles. The van der Waals surface area contributed by atoms with Crippen LogP contribution in [0.15, 0.2) is 0 Å². The van der Waals surface area contributed by atoms with Crippen molar-refractivity contribution in [3.63, 3.8) is 0 Å². The molecule has 0 bridgehead atoms. The van der Waals surface area contributed by atoms with Crippen molar-refractivity contribution in [3.05, 3.63) is 0 Å². The van der Waals surface area contributed by atoms with Gasteiger partial charge in [0.15, 0.2) is 0 Å². The Morgan fingerprint density at radius 2 is 1.95 bits per heavy atom. The topological polar surface area (TPSA) is 69.4 Å². The fraction of sp³-hybridized carbons (Fsp3) is 0.857. The van der Waals surface area contributed by atoms with Gasteiger partial charge in [-0.05, 0) is 27.2 Å². The van der Waals surface area contributed by atoms with Crippen LogP contribution in [0.3, 0.4) is 0 Å². The number of carbonyl (C=O) groups is 2. The first-order chi connectivity index (χ1) is 8.96. The van der Waals surface area contributed by atoms with Gasteiger partial charge in [-0.1, -0.05) is 6.92 Å². The molecule has 1 saturated carbocycles. The number of esters is 1. The van der Waals surface area contributed by atoms with Crippen LogP contribution in [0.5, 0.6) is 0 Å². The highest BCUT2D eigenvalue weighted by molar-refractivity contribution is 5.91. The lowest BCUT2D eigenvalue weighted by Gasteiger charge is -2.49. The van der Waals surface area contributed by atoms with E-state index in [4.69, 9.17) is 10.5 Å². The smallest absolute Gasteiger partial charge is 0.314 e. The molecule has 6 heteroatoms. The van der Waals surface area contributed by atoms with E-state index in [1.165, 1.54) is 20.8 Å². The molecule has 2 N–H and O–H groups in total. The Kier molecular flexibility index (Phi) is 3.15. The van der Waals surface area contributed by atoms with Gasteiger partial charge in [-0.25, -0.2) is 8.78 Å². The summed E-state index contributed by atoms with van der Waals surface area (Å²) in [5.41, 5.74) is 2.49. The van der Waals surface area contributed by atoms with Crippen molar-refractivity contribution in [2.24, 2.45) is 28.4 Å². The predicted octanol–water partition coefficient (Wildman–Crippen LogP) is 2.11. The molecule has 2 fully saturated rings. The normalized spacial score (nSPS) is 40.1. The molecule has 1 aliphatic heterocycles. The molecule has 1 aliphatic carbocycles. The van der Waals surface area contributed by atoms with Gasteiger partial charge in [0.05, 0.1) is 10.8 Å². The summed E-state index contributed by atoms with van der Waals surface area (Å²) in [5.74, 6) is -5.73. The monoisotopic (exact) mass is 289 g/mol. The van der Waals surface area contributed by atoms with Crippen molar-refractivity contribution in [1.82, 2.24) is 0 Å². The predicted molar refractivity (Wildman–Crippen MR) is 67.8 cm³/mol. The summed E-state index contributed by atoms with van der Waals surface area (Å²) in [6, 6.07) is 0. The summed E-state index contributed by atoms with van der Waals surface area (Å²) in [6.07, 6.45) is -0.999. The summed E-state index contributed by atoms with van der Waals surface area (Å²) >= 11 is 0. The second-order valence-electron chi connectivity index (χ2n) is 6.75. The first-order valence-corrected chi connectivity index (χ1v) is 6.85. The molecule has 1 heterocycles. The van der Waals surface area contributed by atoms with E-state index >= 15 is 0 Å². The van der Waals surface area contributed by atoms with E-state index in [1.807, 2.05) is 0 Å². The number of carbonyl (C=O) groups excluding carboxylic acids is 2. The third-order valence-electron chi connectivity index (χ3n) is 5.43. The summed E-state index contributed by atoms with van der Waals surface area (Å²) in [5, 5.41) is 0. The van der Waals surface area contributed by atoms with Crippen molar-refractivity contribution >= 4 is 11.9 Å². The summed E-state index contributed by atoms with van der Waals surface area (Å²) < 4.78 is 33.6. The molecule has 0 aromatic rings. The van der Waals surface area contributed by atoms with Gasteiger partial charge in [0.25, 0.3) is 5.92 Å². The van der Waals surface area contributed by atoms with Crippen LogP contribution in [-0.4, -0.2) is 23.9 Å². The first-order valence-electron chi connectivity index (χ1n) is 6.85. The molecule has 20 heavy (non-hydrogen) atoms. The van der Waals surface area contributed by atoms with E-state index < -0.39 is 53.0 Å². The lowest BCUT2D eigenvalue weighted by atomic mass is 9.51. The van der Waals surface area contributed by atoms with Crippen molar-refractivity contribution < 1.29 is 23.1 Å². The minimum absolute atomic E-state index is 0.149. The maximum atomic E-state index is 14.2. The highest BCUT2D eigenvalue weighted by atomic mass is 19.3. The maximum Gasteiger partial charge on any atom is 0.314 e. The van der Waals surface area contributed by atoms with E-state index in [1.54, 1.807) is 6.92 Å². The molecule has 1 amide bonds. The first kappa shape index (κ1) is 15.2. The molecule has 0 aromatic carbocycles. The highest BCUT2D eigenvalue weighted by Crippen LogP contribution is 2.63. The summed E-state index contributed by atoms with van der Waals surface area (Å²) in [7, 11) is 0. The number of cyclic esters (lactones) is 1. The number of amides is 1. The van der Waals surface area contributed by atoms with Crippen molar-refractivity contribution in [2.75, 3.05) is 0 Å². The molecule has 0 spiro atoms. The van der Waals surface area contributed by atoms with Crippen LogP contribution in [-0.2, 0) is 14.3 Å². The summed E-state index contributed by atoms with van der Waals surface area (Å²) in [6.45, 7) is 6.09. The minimum atomic E-state index is -3.01. The van der Waals surface area contributed by atoms with Gasteiger partial charge in [0.1, 0.15) is 6.10 Å². The maximum absolute atomic E-state index is 14.2. The number of rotatable bonds is 2. The largest absolute Gasteiger partial charge is 0.462 e. The van der Waals surface area contributed by atoms with Crippen molar-refractivity contribution in [3.8, 4) is 0 Å². The molecule has 4 unspecified atom stereocenters. The highest BCUT2D eigenvalue weighted by Gasteiger charge is 2.71. The van der Waals surface area contributed by atoms with E-state index in [0.717, 1.165) is 0 Å². The molecule has 2 rings (SSSR count). The Balaban J connectivity index is 2.59. The van der Waals surface area contributed by atoms with Crippen LogP contribution >= 0.6 is 0 Å². The molecule has 0 radical (unpaired) electrons. The van der Waals surface area contributed by atoms with E-state index in [2.05, 4.69) is 0 Å². The number of nitrogens with two attached hydrogens (primary N) is 1. The number of hydrogen-bond acceptors (Lipinski definition) is 3. The lowest BCUT2D eigenvalue weighted by Crippen LogP contribution is -2.59. The van der Waals surface area contributed by atoms with Gasteiger partial charge >= 0.3 is 5.97 Å². The molecule has 1 saturated heterocycles. The number of halogens is 2. The standard InChI is InChI=1S/C14H21F2NO3/c1-7-5-9-8(2)20-11(19)13(9,6-14(7,15)16)12(3,4)10(17)18/h7-9H,5-6H2,1-4H3,(H2,17,18). The van der Waals surface area contributed by atoms with E-state index in [-0.39, 0.29) is 6.42 Å². The average molecular weight is 289 g/mol. The van der Waals surface area contributed by atoms with Gasteiger partial charge in [-0.15, -0.1) is 0 Å². The minimum Gasteiger partial charge on any atom is -0.462 e. The van der Waals surface area contributed by atoms with E-state index in [9.17, 15) is 18.4 Å². The molecule has 2 aliphatic rings. The SMILES string of the molecule is CC1OC(=O)C2(C(C)(C)C(N)=O)CC(F)(F)C(C)CC12. The molecule has 4 atom stereocenters. The Labute approximate surface area is 117 Å². The van der Waals surface area contributed by atoms with Crippen LogP contribution in [0.1, 0.15) is 40.5 Å². The van der Waals surface area contributed by atoms with Crippen LogP contribution in [0.25, 0.3) is 0 Å². The molecular weight excluding hydrogens is 268 g/mol. The molecule has 114 valence electrons. The van der Waals surface area contributed by atoms with Gasteiger partial charge in [0.2, 0.25) is 5.91 Å². The van der Waals surface area contributed by atoms with Crippen LogP contribution in [0.2, 0.25) is 0 Å². The number of alkyl halides is 2. The Morgan fingerprint density at radius 3 is 2.45 bits per heavy atom. The quantitative estimate of drug-likeness (QED) is 0.792. The Bertz CT molecular complexity index is 463. The lowest BCUT2D eigenvalue weighted by molar-refractivity contribution is -0.185. The second-order valence-corrected chi connectivity index (χ2v) is 6.75. The van der Waals surface area contributed by atoms with Gasteiger partial charge in [-0.2, -0.15) is 0 Å². The van der Waals surface area contributed by atoms with Crippen LogP contribution in [0, 0.1) is 22.7 Å². The third-order valence-corrected chi connectivity index (χ3v) is 5.43. The van der Waals surface area contributed by atoms with Gasteiger partial charge < -0.3 is 10.5 Å². The number of primary amides is 1. The molecule has 4 nitrogen and oxygen atoms in total. The second kappa shape index (κ2) is 4.15. The van der Waals surface area contributed by atoms with E-state index in [0.29, 0.717) is 0 Å². The van der Waals surface area contributed by atoms with Crippen LogP contribution < -0.4 is 5.73 Å². The third kappa shape index (κ3) is 1.69. The zero-order valence-corrected chi connectivity index (χ0v) is 12.2. The van der Waals surface area contributed by atoms with Crippen LogP contribution in [0.4, 0.5) is 8.78 Å². The average Bonchev–Trinajstić information content (AvgIpc) is 2.53. The molecular formula is C14H21F2NO3. The Morgan fingerprint density at radius 1 is 1.40 bits per heavy atom. The number of fused-ring (bicyclic) bond motifs is 1. The summed E-state index contributed by atoms with van der Waals surface area (Å²) in [4.78, 5) is 24.1. The van der Waals surface area contributed by atoms with Gasteiger partial charge in [0, 0.05) is 18.3 Å². The Hall–Kier alpha value is -1.20. The van der Waals surface area contributed by atoms with Crippen molar-refractivity contribution in [1.29, 1.82) is 0 Å².